The van der Waals surface area contributed by atoms with E-state index in [-0.39, 0.29) is 21.7 Å². The number of anilines is 1. The van der Waals surface area contributed by atoms with E-state index in [9.17, 15) is 22.8 Å². The fourth-order valence-electron chi connectivity index (χ4n) is 3.57. The van der Waals surface area contributed by atoms with Crippen molar-refractivity contribution in [3.63, 3.8) is 0 Å². The molecule has 3 rings (SSSR count). The minimum atomic E-state index is -1.12. The zero-order valence-corrected chi connectivity index (χ0v) is 18.8. The van der Waals surface area contributed by atoms with Crippen LogP contribution < -0.4 is 10.9 Å². The first kappa shape index (κ1) is 23.7. The van der Waals surface area contributed by atoms with Gasteiger partial charge in [0.2, 0.25) is 0 Å². The number of carbonyl (C=O) groups excluding carboxylic acids is 1. The predicted molar refractivity (Wildman–Crippen MR) is 119 cm³/mol. The van der Waals surface area contributed by atoms with E-state index in [1.165, 1.54) is 34.8 Å². The number of carbonyl (C=O) groups is 1. The van der Waals surface area contributed by atoms with Crippen LogP contribution in [0.4, 0.5) is 23.7 Å². The number of nitrogens with zero attached hydrogens (tertiary/aromatic N) is 2. The summed E-state index contributed by atoms with van der Waals surface area (Å²) in [6, 6.07) is 4.58. The molecule has 0 aliphatic carbocycles. The molecule has 0 fully saturated rings. The molecule has 170 valence electrons. The number of aryl methyl sites for hydroxylation is 1. The number of hydrogen-bond donors (Lipinski definition) is 1. The Morgan fingerprint density at radius 3 is 2.28 bits per heavy atom. The second-order valence-corrected chi connectivity index (χ2v) is 8.50. The van der Waals surface area contributed by atoms with Crippen LogP contribution in [0.15, 0.2) is 41.3 Å². The van der Waals surface area contributed by atoms with Gasteiger partial charge in [-0.05, 0) is 54.1 Å². The van der Waals surface area contributed by atoms with Crippen LogP contribution in [0, 0.1) is 23.4 Å². The van der Waals surface area contributed by atoms with E-state index in [1.54, 1.807) is 6.92 Å². The van der Waals surface area contributed by atoms with Gasteiger partial charge in [0, 0.05) is 25.5 Å². The van der Waals surface area contributed by atoms with Gasteiger partial charge in [-0.1, -0.05) is 25.4 Å². The standard InChI is InChI=1S/C23H23ClF3N3O2/c1-12(2)10-30(23(32)28-14-5-6-19(25)18(24)7-14)13(3)17-11-29(4)22(31)16-9-21(27)20(26)8-15(16)17/h5-9,11-13H,10H2,1-4H3,(H,28,32)/t13-/m1/s1. The van der Waals surface area contributed by atoms with Gasteiger partial charge in [-0.15, -0.1) is 0 Å². The molecule has 2 aromatic carbocycles. The highest BCUT2D eigenvalue weighted by Gasteiger charge is 2.26. The maximum Gasteiger partial charge on any atom is 0.322 e. The Balaban J connectivity index is 2.06. The predicted octanol–water partition coefficient (Wildman–Crippen LogP) is 5.86. The minimum Gasteiger partial charge on any atom is -0.318 e. The molecule has 3 aromatic rings. The molecule has 1 aromatic heterocycles. The van der Waals surface area contributed by atoms with Gasteiger partial charge < -0.3 is 14.8 Å². The van der Waals surface area contributed by atoms with Crippen molar-refractivity contribution in [3.05, 3.63) is 74.9 Å². The Morgan fingerprint density at radius 1 is 1.06 bits per heavy atom. The molecule has 0 spiro atoms. The molecule has 0 unspecified atom stereocenters. The van der Waals surface area contributed by atoms with Gasteiger partial charge in [0.15, 0.2) is 11.6 Å². The summed E-state index contributed by atoms with van der Waals surface area (Å²) in [7, 11) is 1.51. The third kappa shape index (κ3) is 4.75. The summed E-state index contributed by atoms with van der Waals surface area (Å²) in [6.45, 7) is 5.92. The minimum absolute atomic E-state index is 0.0194. The van der Waals surface area contributed by atoms with Crippen molar-refractivity contribution < 1.29 is 18.0 Å². The number of hydrogen-bond acceptors (Lipinski definition) is 2. The van der Waals surface area contributed by atoms with E-state index in [0.717, 1.165) is 18.2 Å². The van der Waals surface area contributed by atoms with Gasteiger partial charge in [-0.3, -0.25) is 4.79 Å². The summed E-state index contributed by atoms with van der Waals surface area (Å²) < 4.78 is 42.6. The molecule has 0 aliphatic rings. The quantitative estimate of drug-likeness (QED) is 0.513. The molecule has 0 bridgehead atoms. The molecule has 32 heavy (non-hydrogen) atoms. The van der Waals surface area contributed by atoms with Gasteiger partial charge in [-0.25, -0.2) is 18.0 Å². The lowest BCUT2D eigenvalue weighted by atomic mass is 10.00. The van der Waals surface area contributed by atoms with Crippen LogP contribution in [-0.2, 0) is 7.05 Å². The van der Waals surface area contributed by atoms with Crippen LogP contribution in [-0.4, -0.2) is 22.0 Å². The topological polar surface area (TPSA) is 54.3 Å². The maximum absolute atomic E-state index is 14.0. The second kappa shape index (κ2) is 9.24. The van der Waals surface area contributed by atoms with Crippen LogP contribution in [0.5, 0.6) is 0 Å². The number of aromatic nitrogens is 1. The normalized spacial score (nSPS) is 12.3. The SMILES string of the molecule is CC(C)CN(C(=O)Nc1ccc(F)c(Cl)c1)[C@H](C)c1cn(C)c(=O)c2cc(F)c(F)cc12. The molecular formula is C23H23ClF3N3O2. The highest BCUT2D eigenvalue weighted by molar-refractivity contribution is 6.31. The Morgan fingerprint density at radius 2 is 1.69 bits per heavy atom. The number of amides is 2. The largest absolute Gasteiger partial charge is 0.322 e. The van der Waals surface area contributed by atoms with Crippen molar-refractivity contribution in [2.45, 2.75) is 26.8 Å². The summed E-state index contributed by atoms with van der Waals surface area (Å²) in [5, 5.41) is 2.81. The molecule has 1 atom stereocenters. The van der Waals surface area contributed by atoms with Crippen molar-refractivity contribution in [1.82, 2.24) is 9.47 Å². The van der Waals surface area contributed by atoms with Gasteiger partial charge in [0.25, 0.3) is 5.56 Å². The van der Waals surface area contributed by atoms with Crippen LogP contribution in [0.25, 0.3) is 10.8 Å². The van der Waals surface area contributed by atoms with Crippen LogP contribution in [0.2, 0.25) is 5.02 Å². The third-order valence-electron chi connectivity index (χ3n) is 5.17. The van der Waals surface area contributed by atoms with Crippen LogP contribution >= 0.6 is 11.6 Å². The molecule has 1 heterocycles. The highest BCUT2D eigenvalue weighted by Crippen LogP contribution is 2.29. The smallest absolute Gasteiger partial charge is 0.318 e. The number of urea groups is 1. The second-order valence-electron chi connectivity index (χ2n) is 8.09. The van der Waals surface area contributed by atoms with E-state index in [2.05, 4.69) is 5.32 Å². The Kier molecular flexibility index (Phi) is 6.83. The lowest BCUT2D eigenvalue weighted by Crippen LogP contribution is -2.40. The summed E-state index contributed by atoms with van der Waals surface area (Å²) in [6.07, 6.45) is 1.52. The van der Waals surface area contributed by atoms with E-state index in [4.69, 9.17) is 11.6 Å². The van der Waals surface area contributed by atoms with E-state index in [0.29, 0.717) is 17.8 Å². The molecule has 2 amide bonds. The van der Waals surface area contributed by atoms with Crippen molar-refractivity contribution in [2.24, 2.45) is 13.0 Å². The number of nitrogens with one attached hydrogen (secondary N) is 1. The third-order valence-corrected chi connectivity index (χ3v) is 5.46. The highest BCUT2D eigenvalue weighted by atomic mass is 35.5. The molecule has 0 saturated heterocycles. The molecule has 0 aliphatic heterocycles. The van der Waals surface area contributed by atoms with Crippen molar-refractivity contribution in [2.75, 3.05) is 11.9 Å². The molecule has 9 heteroatoms. The van der Waals surface area contributed by atoms with Crippen LogP contribution in [0.3, 0.4) is 0 Å². The van der Waals surface area contributed by atoms with Gasteiger partial charge in [0.1, 0.15) is 5.82 Å². The monoisotopic (exact) mass is 465 g/mol. The first-order valence-electron chi connectivity index (χ1n) is 10.0. The molecule has 0 saturated carbocycles. The fraction of sp³-hybridized carbons (Fsp3) is 0.304. The molecule has 0 radical (unpaired) electrons. The summed E-state index contributed by atoms with van der Waals surface area (Å²) >= 11 is 5.81. The lowest BCUT2D eigenvalue weighted by Gasteiger charge is -2.32. The summed E-state index contributed by atoms with van der Waals surface area (Å²) in [5.74, 6) is -2.74. The van der Waals surface area contributed by atoms with Crippen molar-refractivity contribution in [3.8, 4) is 0 Å². The first-order valence-corrected chi connectivity index (χ1v) is 10.4. The van der Waals surface area contributed by atoms with Crippen LogP contribution in [0.1, 0.15) is 32.4 Å². The molecular weight excluding hydrogens is 443 g/mol. The van der Waals surface area contributed by atoms with Crippen molar-refractivity contribution in [1.29, 1.82) is 0 Å². The maximum atomic E-state index is 14.0. The first-order chi connectivity index (χ1) is 15.0. The van der Waals surface area contributed by atoms with E-state index in [1.807, 2.05) is 13.8 Å². The van der Waals surface area contributed by atoms with Crippen molar-refractivity contribution >= 4 is 34.1 Å². The Hall–Kier alpha value is -3.00. The lowest BCUT2D eigenvalue weighted by molar-refractivity contribution is 0.184. The average Bonchev–Trinajstić information content (AvgIpc) is 2.72. The van der Waals surface area contributed by atoms with Gasteiger partial charge in [-0.2, -0.15) is 0 Å². The number of halogens is 4. The molecule has 5 nitrogen and oxygen atoms in total. The number of fused-ring (bicyclic) bond motifs is 1. The van der Waals surface area contributed by atoms with E-state index < -0.39 is 35.1 Å². The number of benzene rings is 2. The average molecular weight is 466 g/mol. The molecule has 1 N–H and O–H groups in total. The number of pyridine rings is 1. The fourth-order valence-corrected chi connectivity index (χ4v) is 3.75. The Bertz CT molecular complexity index is 1240. The summed E-state index contributed by atoms with van der Waals surface area (Å²) in [5.41, 5.74) is 0.311. The van der Waals surface area contributed by atoms with Gasteiger partial charge in [0.05, 0.1) is 16.5 Å². The van der Waals surface area contributed by atoms with E-state index >= 15 is 0 Å². The summed E-state index contributed by atoms with van der Waals surface area (Å²) in [4.78, 5) is 27.1. The van der Waals surface area contributed by atoms with Gasteiger partial charge >= 0.3 is 6.03 Å². The Labute approximate surface area is 188 Å². The number of rotatable bonds is 5. The zero-order valence-electron chi connectivity index (χ0n) is 18.0. The zero-order chi connectivity index (χ0) is 23.7.